The highest BCUT2D eigenvalue weighted by Crippen LogP contribution is 2.38. The lowest BCUT2D eigenvalue weighted by Crippen LogP contribution is -2.33. The van der Waals surface area contributed by atoms with Gasteiger partial charge in [-0.1, -0.05) is 29.3 Å². The van der Waals surface area contributed by atoms with E-state index >= 15 is 0 Å². The number of H-pyrrole nitrogens is 1. The normalized spacial score (nSPS) is 19.7. The van der Waals surface area contributed by atoms with Gasteiger partial charge in [0.1, 0.15) is 5.82 Å². The number of aromatic nitrogens is 2. The van der Waals surface area contributed by atoms with Gasteiger partial charge in [0.2, 0.25) is 11.9 Å². The van der Waals surface area contributed by atoms with Crippen molar-refractivity contribution in [1.82, 2.24) is 9.97 Å². The zero-order chi connectivity index (χ0) is 17.6. The van der Waals surface area contributed by atoms with Crippen molar-refractivity contribution in [1.29, 1.82) is 0 Å². The summed E-state index contributed by atoms with van der Waals surface area (Å²) < 4.78 is 0. The molecule has 0 aliphatic carbocycles. The largest absolute Gasteiger partial charge is 0.342 e. The Morgan fingerprint density at radius 2 is 1.92 bits per heavy atom. The van der Waals surface area contributed by atoms with E-state index in [-0.39, 0.29) is 17.9 Å². The minimum atomic E-state index is -0.447. The van der Waals surface area contributed by atoms with Crippen LogP contribution in [0.4, 0.5) is 11.8 Å². The molecule has 6 nitrogen and oxygen atoms in total. The maximum absolute atomic E-state index is 12.8. The molecule has 1 aromatic carbocycles. The van der Waals surface area contributed by atoms with Gasteiger partial charge < -0.3 is 10.2 Å². The molecule has 3 heterocycles. The Morgan fingerprint density at radius 3 is 2.64 bits per heavy atom. The van der Waals surface area contributed by atoms with Crippen LogP contribution >= 0.6 is 23.2 Å². The molecule has 0 bridgehead atoms. The average Bonchev–Trinajstić information content (AvgIpc) is 3.08. The summed E-state index contributed by atoms with van der Waals surface area (Å²) in [6.07, 6.45) is 2.27. The van der Waals surface area contributed by atoms with Crippen molar-refractivity contribution in [2.24, 2.45) is 0 Å². The first-order valence-corrected chi connectivity index (χ1v) is 8.92. The SMILES string of the molecule is O=C1CC(c2ccc(Cl)cc2Cl)c2c(nc(N3CCCC3)[nH]c2=O)N1. The van der Waals surface area contributed by atoms with Crippen molar-refractivity contribution in [2.45, 2.75) is 25.2 Å². The van der Waals surface area contributed by atoms with Gasteiger partial charge in [-0.3, -0.25) is 14.6 Å². The number of carbonyl (C=O) groups is 1. The summed E-state index contributed by atoms with van der Waals surface area (Å²) in [5, 5.41) is 3.67. The van der Waals surface area contributed by atoms with E-state index in [0.29, 0.717) is 32.9 Å². The van der Waals surface area contributed by atoms with Gasteiger partial charge in [-0.25, -0.2) is 0 Å². The topological polar surface area (TPSA) is 78.1 Å². The van der Waals surface area contributed by atoms with Crippen molar-refractivity contribution >= 4 is 40.9 Å². The molecule has 1 saturated heterocycles. The summed E-state index contributed by atoms with van der Waals surface area (Å²) in [7, 11) is 0. The predicted octanol–water partition coefficient (Wildman–Crippen LogP) is 3.15. The van der Waals surface area contributed by atoms with Gasteiger partial charge in [-0.15, -0.1) is 0 Å². The number of benzene rings is 1. The van der Waals surface area contributed by atoms with Gasteiger partial charge in [0.15, 0.2) is 0 Å². The smallest absolute Gasteiger partial charge is 0.258 e. The van der Waals surface area contributed by atoms with Crippen molar-refractivity contribution < 1.29 is 4.79 Å². The lowest BCUT2D eigenvalue weighted by Gasteiger charge is -2.26. The maximum Gasteiger partial charge on any atom is 0.258 e. The molecule has 130 valence electrons. The molecule has 1 unspecified atom stereocenters. The van der Waals surface area contributed by atoms with E-state index in [1.807, 2.05) is 4.90 Å². The van der Waals surface area contributed by atoms with Crippen LogP contribution in [-0.2, 0) is 4.79 Å². The zero-order valence-corrected chi connectivity index (χ0v) is 14.8. The van der Waals surface area contributed by atoms with Crippen LogP contribution in [0.15, 0.2) is 23.0 Å². The van der Waals surface area contributed by atoms with Crippen LogP contribution in [0, 0.1) is 0 Å². The minimum absolute atomic E-state index is 0.141. The Bertz CT molecular complexity index is 906. The highest BCUT2D eigenvalue weighted by molar-refractivity contribution is 6.35. The summed E-state index contributed by atoms with van der Waals surface area (Å²) in [5.74, 6) is 0.189. The summed E-state index contributed by atoms with van der Waals surface area (Å²) >= 11 is 12.3. The van der Waals surface area contributed by atoms with Crippen LogP contribution < -0.4 is 15.8 Å². The second-order valence-corrected chi connectivity index (χ2v) is 7.16. The fourth-order valence-corrected chi connectivity index (χ4v) is 4.03. The van der Waals surface area contributed by atoms with Gasteiger partial charge in [0.05, 0.1) is 5.56 Å². The highest BCUT2D eigenvalue weighted by atomic mass is 35.5. The molecule has 2 aromatic rings. The first-order chi connectivity index (χ1) is 12.0. The predicted molar refractivity (Wildman–Crippen MR) is 97.9 cm³/mol. The Labute approximate surface area is 154 Å². The van der Waals surface area contributed by atoms with E-state index < -0.39 is 5.92 Å². The monoisotopic (exact) mass is 378 g/mol. The van der Waals surface area contributed by atoms with Crippen LogP contribution in [0.3, 0.4) is 0 Å². The molecule has 2 aliphatic rings. The van der Waals surface area contributed by atoms with Crippen LogP contribution in [-0.4, -0.2) is 29.0 Å². The molecule has 0 spiro atoms. The standard InChI is InChI=1S/C17H16Cl2N4O2/c18-9-3-4-10(12(19)7-9)11-8-13(24)20-15-14(11)16(25)22-17(21-15)23-5-1-2-6-23/h3-4,7,11H,1-2,5-6,8H2,(H2,20,21,22,24,25). The number of halogens is 2. The van der Waals surface area contributed by atoms with Crippen molar-refractivity contribution in [2.75, 3.05) is 23.3 Å². The van der Waals surface area contributed by atoms with E-state index in [9.17, 15) is 9.59 Å². The summed E-state index contributed by atoms with van der Waals surface area (Å²) in [6.45, 7) is 1.70. The molecule has 1 aromatic heterocycles. The van der Waals surface area contributed by atoms with Gasteiger partial charge >= 0.3 is 0 Å². The molecule has 2 N–H and O–H groups in total. The molecule has 1 amide bonds. The van der Waals surface area contributed by atoms with Crippen LogP contribution in [0.2, 0.25) is 10.0 Å². The Hall–Kier alpha value is -2.05. The summed E-state index contributed by atoms with van der Waals surface area (Å²) in [4.78, 5) is 34.3. The van der Waals surface area contributed by atoms with E-state index in [1.54, 1.807) is 18.2 Å². The Morgan fingerprint density at radius 1 is 1.16 bits per heavy atom. The third-order valence-corrected chi connectivity index (χ3v) is 5.24. The van der Waals surface area contributed by atoms with Crippen molar-refractivity contribution in [3.8, 4) is 0 Å². The molecule has 0 saturated carbocycles. The number of hydrogen-bond acceptors (Lipinski definition) is 4. The third-order valence-electron chi connectivity index (χ3n) is 4.68. The van der Waals surface area contributed by atoms with E-state index in [0.717, 1.165) is 25.9 Å². The lowest BCUT2D eigenvalue weighted by molar-refractivity contribution is -0.116. The fraction of sp³-hybridized carbons (Fsp3) is 0.353. The van der Waals surface area contributed by atoms with Gasteiger partial charge in [-0.05, 0) is 30.5 Å². The van der Waals surface area contributed by atoms with Crippen molar-refractivity contribution in [3.05, 3.63) is 49.7 Å². The maximum atomic E-state index is 12.8. The minimum Gasteiger partial charge on any atom is -0.342 e. The molecule has 0 radical (unpaired) electrons. The second kappa shape index (κ2) is 6.35. The highest BCUT2D eigenvalue weighted by Gasteiger charge is 2.32. The molecule has 4 rings (SSSR count). The zero-order valence-electron chi connectivity index (χ0n) is 13.3. The number of carbonyl (C=O) groups excluding carboxylic acids is 1. The van der Waals surface area contributed by atoms with Crippen LogP contribution in [0.1, 0.15) is 36.3 Å². The third kappa shape index (κ3) is 3.00. The second-order valence-electron chi connectivity index (χ2n) is 6.32. The number of aromatic amines is 1. The Kier molecular flexibility index (Phi) is 4.17. The molecule has 8 heteroatoms. The number of amides is 1. The molecule has 25 heavy (non-hydrogen) atoms. The van der Waals surface area contributed by atoms with Gasteiger partial charge in [-0.2, -0.15) is 4.98 Å². The molecule has 1 atom stereocenters. The number of fused-ring (bicyclic) bond motifs is 1. The van der Waals surface area contributed by atoms with Crippen LogP contribution in [0.25, 0.3) is 0 Å². The number of nitrogens with zero attached hydrogens (tertiary/aromatic N) is 2. The van der Waals surface area contributed by atoms with Gasteiger partial charge in [0.25, 0.3) is 5.56 Å². The van der Waals surface area contributed by atoms with E-state index in [4.69, 9.17) is 23.2 Å². The van der Waals surface area contributed by atoms with E-state index in [2.05, 4.69) is 15.3 Å². The Balaban J connectivity index is 1.83. The van der Waals surface area contributed by atoms with E-state index in [1.165, 1.54) is 0 Å². The number of rotatable bonds is 2. The molecular weight excluding hydrogens is 363 g/mol. The molecule has 2 aliphatic heterocycles. The number of nitrogens with one attached hydrogen (secondary N) is 2. The summed E-state index contributed by atoms with van der Waals surface area (Å²) in [6, 6.07) is 5.07. The first kappa shape index (κ1) is 16.4. The van der Waals surface area contributed by atoms with Crippen LogP contribution in [0.5, 0.6) is 0 Å². The lowest BCUT2D eigenvalue weighted by atomic mass is 9.87. The first-order valence-electron chi connectivity index (χ1n) is 8.17. The fourth-order valence-electron chi connectivity index (χ4n) is 3.49. The average molecular weight is 379 g/mol. The van der Waals surface area contributed by atoms with Crippen molar-refractivity contribution in [3.63, 3.8) is 0 Å². The molecular formula is C17H16Cl2N4O2. The summed E-state index contributed by atoms with van der Waals surface area (Å²) in [5.41, 5.74) is 0.887. The number of hydrogen-bond donors (Lipinski definition) is 2. The van der Waals surface area contributed by atoms with Gasteiger partial charge in [0, 0.05) is 35.5 Å². The molecule has 1 fully saturated rings. The number of anilines is 2. The quantitative estimate of drug-likeness (QED) is 0.841.